The molecular weight excluding hydrogens is 320 g/mol. The van der Waals surface area contributed by atoms with Crippen LogP contribution in [0.2, 0.25) is 0 Å². The zero-order valence-electron chi connectivity index (χ0n) is 14.5. The summed E-state index contributed by atoms with van der Waals surface area (Å²) < 4.78 is 5.43. The van der Waals surface area contributed by atoms with Gasteiger partial charge in [-0.15, -0.1) is 0 Å². The van der Waals surface area contributed by atoms with Gasteiger partial charge in [0.05, 0.1) is 12.6 Å². The molecule has 2 unspecified atom stereocenters. The van der Waals surface area contributed by atoms with Crippen LogP contribution in [0.15, 0.2) is 30.3 Å². The summed E-state index contributed by atoms with van der Waals surface area (Å²) in [6.45, 7) is 1.39. The van der Waals surface area contributed by atoms with E-state index in [1.54, 1.807) is 9.80 Å². The molecule has 2 aliphatic heterocycles. The number of aliphatic hydroxyl groups is 1. The Morgan fingerprint density at radius 2 is 1.80 bits per heavy atom. The van der Waals surface area contributed by atoms with Gasteiger partial charge >= 0.3 is 6.09 Å². The summed E-state index contributed by atoms with van der Waals surface area (Å²) in [5.41, 5.74) is 0.927. The van der Waals surface area contributed by atoms with E-state index in [4.69, 9.17) is 4.74 Å². The number of carbonyl (C=O) groups excluding carboxylic acids is 2. The molecule has 0 saturated carbocycles. The minimum Gasteiger partial charge on any atom is -0.445 e. The number of nitrogens with zero attached hydrogens (tertiary/aromatic N) is 2. The molecular formula is C19H26N2O4. The molecule has 0 radical (unpaired) electrons. The first-order valence-electron chi connectivity index (χ1n) is 9.09. The number of hydrogen-bond acceptors (Lipinski definition) is 4. The smallest absolute Gasteiger partial charge is 0.410 e. The Hall–Kier alpha value is -2.08. The van der Waals surface area contributed by atoms with Crippen molar-refractivity contribution in [2.24, 2.45) is 0 Å². The molecule has 3 rings (SSSR count). The highest BCUT2D eigenvalue weighted by Crippen LogP contribution is 2.25. The lowest BCUT2D eigenvalue weighted by molar-refractivity contribution is -0.139. The molecule has 0 aliphatic carbocycles. The molecule has 25 heavy (non-hydrogen) atoms. The number of benzene rings is 1. The molecule has 0 bridgehead atoms. The van der Waals surface area contributed by atoms with E-state index in [2.05, 4.69) is 0 Å². The predicted molar refractivity (Wildman–Crippen MR) is 92.8 cm³/mol. The van der Waals surface area contributed by atoms with Crippen molar-refractivity contribution in [3.63, 3.8) is 0 Å². The SMILES string of the molecule is O=C(C1CCCCN1C(=O)OCc1ccccc1)N1CCCC1CO. The average Bonchev–Trinajstić information content (AvgIpc) is 3.15. The number of rotatable bonds is 4. The highest BCUT2D eigenvalue weighted by Gasteiger charge is 2.39. The van der Waals surface area contributed by atoms with Crippen LogP contribution in [0.25, 0.3) is 0 Å². The Bertz CT molecular complexity index is 592. The first-order valence-corrected chi connectivity index (χ1v) is 9.09. The number of likely N-dealkylation sites (tertiary alicyclic amines) is 2. The third-order valence-electron chi connectivity index (χ3n) is 5.10. The van der Waals surface area contributed by atoms with Crippen molar-refractivity contribution in [2.75, 3.05) is 19.7 Å². The zero-order chi connectivity index (χ0) is 17.6. The van der Waals surface area contributed by atoms with Gasteiger partial charge in [-0.25, -0.2) is 4.79 Å². The number of amides is 2. The van der Waals surface area contributed by atoms with E-state index in [9.17, 15) is 14.7 Å². The third kappa shape index (κ3) is 4.12. The van der Waals surface area contributed by atoms with Crippen LogP contribution < -0.4 is 0 Å². The molecule has 6 heteroatoms. The molecule has 2 aliphatic rings. The standard InChI is InChI=1S/C19H26N2O4/c22-13-16-9-6-12-20(16)18(23)17-10-4-5-11-21(17)19(24)25-14-15-7-2-1-3-8-15/h1-3,7-8,16-17,22H,4-6,9-14H2. The number of hydrogen-bond donors (Lipinski definition) is 1. The Labute approximate surface area is 148 Å². The van der Waals surface area contributed by atoms with Gasteiger partial charge in [-0.1, -0.05) is 30.3 Å². The zero-order valence-corrected chi connectivity index (χ0v) is 14.5. The van der Waals surface area contributed by atoms with Gasteiger partial charge in [0.15, 0.2) is 0 Å². The third-order valence-corrected chi connectivity index (χ3v) is 5.10. The number of aliphatic hydroxyl groups excluding tert-OH is 1. The Balaban J connectivity index is 1.63. The Kier molecular flexibility index (Phi) is 5.91. The van der Waals surface area contributed by atoms with Gasteiger partial charge in [0.25, 0.3) is 0 Å². The van der Waals surface area contributed by atoms with E-state index in [0.29, 0.717) is 19.5 Å². The summed E-state index contributed by atoms with van der Waals surface area (Å²) in [5, 5.41) is 9.47. The normalized spacial score (nSPS) is 23.6. The lowest BCUT2D eigenvalue weighted by Gasteiger charge is -2.37. The summed E-state index contributed by atoms with van der Waals surface area (Å²) in [6, 6.07) is 8.95. The van der Waals surface area contributed by atoms with Crippen molar-refractivity contribution in [3.05, 3.63) is 35.9 Å². The van der Waals surface area contributed by atoms with Gasteiger partial charge in [0, 0.05) is 13.1 Å². The highest BCUT2D eigenvalue weighted by molar-refractivity contribution is 5.86. The minimum atomic E-state index is -0.468. The van der Waals surface area contributed by atoms with E-state index < -0.39 is 12.1 Å². The highest BCUT2D eigenvalue weighted by atomic mass is 16.6. The van der Waals surface area contributed by atoms with Gasteiger partial charge in [0.2, 0.25) is 5.91 Å². The monoisotopic (exact) mass is 346 g/mol. The molecule has 6 nitrogen and oxygen atoms in total. The topological polar surface area (TPSA) is 70.1 Å². The van der Waals surface area contributed by atoms with Crippen molar-refractivity contribution in [1.82, 2.24) is 9.80 Å². The molecule has 2 saturated heterocycles. The fraction of sp³-hybridized carbons (Fsp3) is 0.579. The van der Waals surface area contributed by atoms with Gasteiger partial charge in [-0.2, -0.15) is 0 Å². The van der Waals surface area contributed by atoms with Crippen LogP contribution in [0, 0.1) is 0 Å². The van der Waals surface area contributed by atoms with Crippen molar-refractivity contribution >= 4 is 12.0 Å². The van der Waals surface area contributed by atoms with Crippen LogP contribution in [0.3, 0.4) is 0 Å². The largest absolute Gasteiger partial charge is 0.445 e. The molecule has 1 aromatic carbocycles. The van der Waals surface area contributed by atoms with E-state index in [1.807, 2.05) is 30.3 Å². The Morgan fingerprint density at radius 1 is 1.04 bits per heavy atom. The lowest BCUT2D eigenvalue weighted by Crippen LogP contribution is -2.54. The van der Waals surface area contributed by atoms with Gasteiger partial charge < -0.3 is 14.7 Å². The van der Waals surface area contributed by atoms with E-state index in [0.717, 1.165) is 31.2 Å². The molecule has 1 aromatic rings. The second-order valence-corrected chi connectivity index (χ2v) is 6.76. The van der Waals surface area contributed by atoms with E-state index >= 15 is 0 Å². The second-order valence-electron chi connectivity index (χ2n) is 6.76. The average molecular weight is 346 g/mol. The molecule has 0 aromatic heterocycles. The molecule has 0 spiro atoms. The number of ether oxygens (including phenoxy) is 1. The first-order chi connectivity index (χ1) is 12.2. The molecule has 1 N–H and O–H groups in total. The van der Waals surface area contributed by atoms with Crippen LogP contribution in [-0.2, 0) is 16.1 Å². The predicted octanol–water partition coefficient (Wildman–Crippen LogP) is 2.16. The summed E-state index contributed by atoms with van der Waals surface area (Å²) >= 11 is 0. The number of carbonyl (C=O) groups is 2. The second kappa shape index (κ2) is 8.34. The minimum absolute atomic E-state index is 0.0170. The van der Waals surface area contributed by atoms with Gasteiger partial charge in [0.1, 0.15) is 12.6 Å². The molecule has 136 valence electrons. The molecule has 2 atom stereocenters. The van der Waals surface area contributed by atoms with Crippen molar-refractivity contribution in [2.45, 2.75) is 50.8 Å². The lowest BCUT2D eigenvalue weighted by atomic mass is 10.0. The first kappa shape index (κ1) is 17.7. The van der Waals surface area contributed by atoms with Crippen molar-refractivity contribution in [3.8, 4) is 0 Å². The van der Waals surface area contributed by atoms with Crippen LogP contribution in [0.4, 0.5) is 4.79 Å². The van der Waals surface area contributed by atoms with Gasteiger partial charge in [-0.05, 0) is 37.7 Å². The van der Waals surface area contributed by atoms with Crippen LogP contribution >= 0.6 is 0 Å². The summed E-state index contributed by atoms with van der Waals surface area (Å²) in [6.07, 6.45) is 3.77. The molecule has 2 amide bonds. The van der Waals surface area contributed by atoms with Crippen LogP contribution in [-0.4, -0.2) is 58.7 Å². The van der Waals surface area contributed by atoms with Crippen molar-refractivity contribution in [1.29, 1.82) is 0 Å². The maximum absolute atomic E-state index is 12.9. The molecule has 2 fully saturated rings. The molecule has 2 heterocycles. The van der Waals surface area contributed by atoms with E-state index in [-0.39, 0.29) is 25.2 Å². The summed E-state index contributed by atoms with van der Waals surface area (Å²) in [4.78, 5) is 28.8. The fourth-order valence-electron chi connectivity index (χ4n) is 3.72. The summed E-state index contributed by atoms with van der Waals surface area (Å²) in [7, 11) is 0. The number of piperidine rings is 1. The summed E-state index contributed by atoms with van der Waals surface area (Å²) in [5.74, 6) is -0.0482. The maximum Gasteiger partial charge on any atom is 0.410 e. The van der Waals surface area contributed by atoms with Crippen molar-refractivity contribution < 1.29 is 19.4 Å². The maximum atomic E-state index is 12.9. The van der Waals surface area contributed by atoms with Crippen LogP contribution in [0.5, 0.6) is 0 Å². The fourth-order valence-corrected chi connectivity index (χ4v) is 3.72. The van der Waals surface area contributed by atoms with Gasteiger partial charge in [-0.3, -0.25) is 9.69 Å². The van der Waals surface area contributed by atoms with Crippen LogP contribution in [0.1, 0.15) is 37.7 Å². The van der Waals surface area contributed by atoms with E-state index in [1.165, 1.54) is 0 Å². The Morgan fingerprint density at radius 3 is 2.56 bits per heavy atom. The quantitative estimate of drug-likeness (QED) is 0.907.